The summed E-state index contributed by atoms with van der Waals surface area (Å²) >= 11 is 5.69. The molecule has 3 heteroatoms. The van der Waals surface area contributed by atoms with Crippen LogP contribution in [0.5, 0.6) is 0 Å². The first-order chi connectivity index (χ1) is 5.24. The Hall–Kier alpha value is -1.11. The van der Waals surface area contributed by atoms with Gasteiger partial charge in [0.2, 0.25) is 5.69 Å². The molecule has 0 unspecified atom stereocenters. The van der Waals surface area contributed by atoms with Crippen molar-refractivity contribution in [2.45, 2.75) is 0 Å². The third-order valence-corrected chi connectivity index (χ3v) is 1.57. The smallest absolute Gasteiger partial charge is 0.159 e. The normalized spacial score (nSPS) is 8.91. The molecule has 1 aromatic rings. The molecule has 0 heterocycles. The molecule has 0 saturated heterocycles. The van der Waals surface area contributed by atoms with E-state index >= 15 is 0 Å². The molecule has 11 heavy (non-hydrogen) atoms. The van der Waals surface area contributed by atoms with Gasteiger partial charge in [0.1, 0.15) is 0 Å². The summed E-state index contributed by atoms with van der Waals surface area (Å²) in [5, 5.41) is 0.615. The number of hydrogen-bond donors (Lipinski definition) is 0. The SMILES string of the molecule is C[N+](=C=O)c1cccc(Cl)c1. The van der Waals surface area contributed by atoms with Gasteiger partial charge < -0.3 is 0 Å². The Bertz CT molecular complexity index is 316. The maximum atomic E-state index is 10.2. The van der Waals surface area contributed by atoms with Crippen molar-refractivity contribution in [1.29, 1.82) is 0 Å². The highest BCUT2D eigenvalue weighted by Crippen LogP contribution is 2.15. The van der Waals surface area contributed by atoms with Gasteiger partial charge in [0.05, 0.1) is 0 Å². The average molecular weight is 169 g/mol. The first-order valence-corrected chi connectivity index (χ1v) is 3.49. The molecule has 0 aromatic heterocycles. The zero-order valence-corrected chi connectivity index (χ0v) is 6.80. The fraction of sp³-hybridized carbons (Fsp3) is 0.125. The van der Waals surface area contributed by atoms with Gasteiger partial charge in [0, 0.05) is 17.2 Å². The van der Waals surface area contributed by atoms with E-state index in [0.29, 0.717) is 5.02 Å². The Morgan fingerprint density at radius 2 is 2.27 bits per heavy atom. The second kappa shape index (κ2) is 3.33. The second-order valence-electron chi connectivity index (χ2n) is 2.13. The minimum absolute atomic E-state index is 0.615. The molecule has 0 bridgehead atoms. The molecule has 0 aliphatic heterocycles. The van der Waals surface area contributed by atoms with Gasteiger partial charge in [-0.3, -0.25) is 0 Å². The van der Waals surface area contributed by atoms with E-state index in [-0.39, 0.29) is 0 Å². The monoisotopic (exact) mass is 168 g/mol. The van der Waals surface area contributed by atoms with Crippen LogP contribution in [-0.2, 0) is 4.79 Å². The quantitative estimate of drug-likeness (QED) is 0.357. The summed E-state index contributed by atoms with van der Waals surface area (Å²) in [5.74, 6) is 0. The first-order valence-electron chi connectivity index (χ1n) is 3.11. The number of rotatable bonds is 1. The Labute approximate surface area is 69.7 Å². The molecular formula is C8H7ClNO+. The maximum Gasteiger partial charge on any atom is 0.430 e. The molecule has 0 aliphatic carbocycles. The zero-order chi connectivity index (χ0) is 8.27. The Kier molecular flexibility index (Phi) is 2.42. The largest absolute Gasteiger partial charge is 0.430 e. The van der Waals surface area contributed by atoms with Crippen LogP contribution in [0.3, 0.4) is 0 Å². The lowest BCUT2D eigenvalue weighted by Gasteiger charge is -1.90. The van der Waals surface area contributed by atoms with Crippen LogP contribution in [0.4, 0.5) is 5.69 Å². The third kappa shape index (κ3) is 1.90. The summed E-state index contributed by atoms with van der Waals surface area (Å²) in [5.41, 5.74) is 0.743. The maximum absolute atomic E-state index is 10.2. The molecule has 56 valence electrons. The van der Waals surface area contributed by atoms with E-state index in [4.69, 9.17) is 11.6 Å². The van der Waals surface area contributed by atoms with Gasteiger partial charge in [-0.05, 0) is 6.07 Å². The van der Waals surface area contributed by atoms with Crippen molar-refractivity contribution in [3.8, 4) is 0 Å². The first kappa shape index (κ1) is 7.99. The summed E-state index contributed by atoms with van der Waals surface area (Å²) in [6.45, 7) is 0. The Morgan fingerprint density at radius 1 is 1.55 bits per heavy atom. The number of halogens is 1. The molecule has 1 aromatic carbocycles. The lowest BCUT2D eigenvalue weighted by atomic mass is 10.3. The molecule has 0 amide bonds. The molecule has 0 aliphatic rings. The van der Waals surface area contributed by atoms with E-state index in [1.165, 1.54) is 4.58 Å². The van der Waals surface area contributed by atoms with Crippen LogP contribution in [0.25, 0.3) is 0 Å². The molecule has 2 nitrogen and oxygen atoms in total. The summed E-state index contributed by atoms with van der Waals surface area (Å²) in [7, 11) is 1.62. The van der Waals surface area contributed by atoms with E-state index in [1.807, 2.05) is 0 Å². The van der Waals surface area contributed by atoms with Crippen molar-refractivity contribution in [2.75, 3.05) is 7.05 Å². The van der Waals surface area contributed by atoms with E-state index < -0.39 is 0 Å². The summed E-state index contributed by atoms with van der Waals surface area (Å²) in [6.07, 6.45) is 1.73. The van der Waals surface area contributed by atoms with E-state index in [9.17, 15) is 4.79 Å². The number of nitrogens with zero attached hydrogens (tertiary/aromatic N) is 1. The average Bonchev–Trinajstić information content (AvgIpc) is 2.03. The van der Waals surface area contributed by atoms with Crippen molar-refractivity contribution in [2.24, 2.45) is 0 Å². The van der Waals surface area contributed by atoms with Gasteiger partial charge in [0.25, 0.3) is 0 Å². The number of benzene rings is 1. The molecule has 0 fully saturated rings. The van der Waals surface area contributed by atoms with Gasteiger partial charge in [-0.15, -0.1) is 4.58 Å². The third-order valence-electron chi connectivity index (χ3n) is 1.33. The fourth-order valence-corrected chi connectivity index (χ4v) is 0.922. The highest BCUT2D eigenvalue weighted by Gasteiger charge is 2.02. The van der Waals surface area contributed by atoms with Crippen molar-refractivity contribution >= 4 is 23.4 Å². The molecule has 0 N–H and O–H groups in total. The summed E-state index contributed by atoms with van der Waals surface area (Å²) in [4.78, 5) is 10.2. The molecule has 0 saturated carbocycles. The van der Waals surface area contributed by atoms with E-state index in [2.05, 4.69) is 0 Å². The Balaban J connectivity index is 3.15. The van der Waals surface area contributed by atoms with Gasteiger partial charge in [-0.25, -0.2) is 0 Å². The van der Waals surface area contributed by atoms with Crippen LogP contribution in [0, 0.1) is 0 Å². The van der Waals surface area contributed by atoms with Gasteiger partial charge >= 0.3 is 6.08 Å². The van der Waals surface area contributed by atoms with Crippen LogP contribution in [0.1, 0.15) is 0 Å². The summed E-state index contributed by atoms with van der Waals surface area (Å²) in [6, 6.07) is 7.03. The van der Waals surface area contributed by atoms with Gasteiger partial charge in [0.15, 0.2) is 7.05 Å². The lowest BCUT2D eigenvalue weighted by molar-refractivity contribution is -0.401. The topological polar surface area (TPSA) is 20.1 Å². The van der Waals surface area contributed by atoms with Crippen LogP contribution in [-0.4, -0.2) is 17.7 Å². The fourth-order valence-electron chi connectivity index (χ4n) is 0.737. The van der Waals surface area contributed by atoms with E-state index in [0.717, 1.165) is 5.69 Å². The van der Waals surface area contributed by atoms with Crippen molar-refractivity contribution in [3.63, 3.8) is 0 Å². The number of isocyanates is 1. The minimum atomic E-state index is 0.615. The molecular weight excluding hydrogens is 162 g/mol. The standard InChI is InChI=1S/C8H7ClNO/c1-10(6-11)8-4-2-3-7(9)5-8/h2-5H,1H3/q+1. The molecule has 1 rings (SSSR count). The van der Waals surface area contributed by atoms with Gasteiger partial charge in [-0.2, -0.15) is 4.79 Å². The highest BCUT2D eigenvalue weighted by molar-refractivity contribution is 6.30. The summed E-state index contributed by atoms with van der Waals surface area (Å²) < 4.78 is 1.34. The predicted molar refractivity (Wildman–Crippen MR) is 43.0 cm³/mol. The zero-order valence-electron chi connectivity index (χ0n) is 6.04. The highest BCUT2D eigenvalue weighted by atomic mass is 35.5. The van der Waals surface area contributed by atoms with Gasteiger partial charge in [-0.1, -0.05) is 17.7 Å². The van der Waals surface area contributed by atoms with E-state index in [1.54, 1.807) is 37.4 Å². The molecule has 0 atom stereocenters. The number of carbonyl (C=O) groups excluding carboxylic acids is 1. The lowest BCUT2D eigenvalue weighted by Crippen LogP contribution is -1.93. The van der Waals surface area contributed by atoms with Crippen LogP contribution in [0.2, 0.25) is 5.02 Å². The van der Waals surface area contributed by atoms with Crippen molar-refractivity contribution in [3.05, 3.63) is 29.3 Å². The van der Waals surface area contributed by atoms with Crippen molar-refractivity contribution in [1.82, 2.24) is 0 Å². The molecule has 0 spiro atoms. The van der Waals surface area contributed by atoms with Crippen molar-refractivity contribution < 1.29 is 9.37 Å². The van der Waals surface area contributed by atoms with Crippen LogP contribution >= 0.6 is 11.6 Å². The number of hydrogen-bond acceptors (Lipinski definition) is 1. The molecule has 0 radical (unpaired) electrons. The second-order valence-corrected chi connectivity index (χ2v) is 2.57. The van der Waals surface area contributed by atoms with Crippen LogP contribution in [0.15, 0.2) is 24.3 Å². The predicted octanol–water partition coefficient (Wildman–Crippen LogP) is 1.95. The minimum Gasteiger partial charge on any atom is -0.159 e. The van der Waals surface area contributed by atoms with Crippen LogP contribution < -0.4 is 0 Å². The Morgan fingerprint density at radius 3 is 2.82 bits per heavy atom.